The van der Waals surface area contributed by atoms with Gasteiger partial charge in [-0.1, -0.05) is 17.7 Å². The van der Waals surface area contributed by atoms with Crippen molar-refractivity contribution in [1.29, 1.82) is 0 Å². The second-order valence-corrected chi connectivity index (χ2v) is 4.55. The molecule has 1 heterocycles. The smallest absolute Gasteiger partial charge is 0.113 e. The van der Waals surface area contributed by atoms with Crippen molar-refractivity contribution >= 4 is 42.6 Å². The molecule has 0 fully saturated rings. The molecule has 0 aliphatic rings. The quantitative estimate of drug-likeness (QED) is 0.668. The van der Waals surface area contributed by atoms with Gasteiger partial charge in [-0.2, -0.15) is 0 Å². The maximum absolute atomic E-state index is 4.22. The predicted octanol–water partition coefficient (Wildman–Crippen LogP) is 4.07. The first-order valence-corrected chi connectivity index (χ1v) is 5.47. The third-order valence-electron chi connectivity index (χ3n) is 1.95. The van der Waals surface area contributed by atoms with E-state index >= 15 is 0 Å². The molecule has 0 amide bonds. The number of hydrogen-bond acceptors (Lipinski definition) is 1. The zero-order chi connectivity index (χ0) is 9.42. The molecular weight excluding hydrogens is 294 g/mol. The van der Waals surface area contributed by atoms with Crippen LogP contribution < -0.4 is 0 Å². The molecule has 0 bridgehead atoms. The second-order valence-electron chi connectivity index (χ2n) is 2.95. The Morgan fingerprint density at radius 3 is 2.69 bits per heavy atom. The van der Waals surface area contributed by atoms with Crippen molar-refractivity contribution in [2.45, 2.75) is 6.92 Å². The Bertz CT molecular complexity index is 466. The SMILES string of the molecule is Cc1ccc2c(Br)cnc(Br)c2c1. The minimum Gasteiger partial charge on any atom is -0.248 e. The molecule has 0 aliphatic heterocycles. The summed E-state index contributed by atoms with van der Waals surface area (Å²) in [6.07, 6.45) is 1.81. The van der Waals surface area contributed by atoms with Gasteiger partial charge in [-0.05, 0) is 44.8 Å². The standard InChI is InChI=1S/C10H7Br2N/c1-6-2-3-7-8(4-6)10(12)13-5-9(7)11/h2-5H,1H3. The van der Waals surface area contributed by atoms with Crippen LogP contribution in [0, 0.1) is 6.92 Å². The monoisotopic (exact) mass is 299 g/mol. The number of benzene rings is 1. The van der Waals surface area contributed by atoms with Crippen LogP contribution in [0.1, 0.15) is 5.56 Å². The summed E-state index contributed by atoms with van der Waals surface area (Å²) in [6.45, 7) is 2.08. The van der Waals surface area contributed by atoms with Gasteiger partial charge in [0.1, 0.15) is 4.60 Å². The summed E-state index contributed by atoms with van der Waals surface area (Å²) in [7, 11) is 0. The van der Waals surface area contributed by atoms with E-state index in [1.54, 1.807) is 0 Å². The Hall–Kier alpha value is -0.410. The van der Waals surface area contributed by atoms with Gasteiger partial charge in [0.25, 0.3) is 0 Å². The zero-order valence-corrected chi connectivity index (χ0v) is 10.2. The molecule has 1 aromatic heterocycles. The molecule has 0 N–H and O–H groups in total. The van der Waals surface area contributed by atoms with Crippen LogP contribution in [0.3, 0.4) is 0 Å². The fraction of sp³-hybridized carbons (Fsp3) is 0.100. The highest BCUT2D eigenvalue weighted by atomic mass is 79.9. The lowest BCUT2D eigenvalue weighted by molar-refractivity contribution is 1.29. The summed E-state index contributed by atoms with van der Waals surface area (Å²) >= 11 is 6.91. The number of aromatic nitrogens is 1. The van der Waals surface area contributed by atoms with Crippen molar-refractivity contribution < 1.29 is 0 Å². The Kier molecular flexibility index (Phi) is 2.39. The van der Waals surface area contributed by atoms with Crippen LogP contribution >= 0.6 is 31.9 Å². The van der Waals surface area contributed by atoms with Gasteiger partial charge >= 0.3 is 0 Å². The van der Waals surface area contributed by atoms with Crippen LogP contribution in [0.25, 0.3) is 10.8 Å². The first-order valence-electron chi connectivity index (χ1n) is 3.89. The normalized spacial score (nSPS) is 10.7. The summed E-state index contributed by atoms with van der Waals surface area (Å²) < 4.78 is 1.93. The van der Waals surface area contributed by atoms with Gasteiger partial charge in [0.15, 0.2) is 0 Å². The van der Waals surface area contributed by atoms with Crippen molar-refractivity contribution in [2.75, 3.05) is 0 Å². The Balaban J connectivity index is 2.92. The van der Waals surface area contributed by atoms with E-state index in [2.05, 4.69) is 62.0 Å². The highest BCUT2D eigenvalue weighted by molar-refractivity contribution is 9.11. The fourth-order valence-corrected chi connectivity index (χ4v) is 2.17. The molecule has 13 heavy (non-hydrogen) atoms. The third kappa shape index (κ3) is 1.63. The third-order valence-corrected chi connectivity index (χ3v) is 3.21. The Morgan fingerprint density at radius 2 is 1.92 bits per heavy atom. The molecule has 0 aliphatic carbocycles. The van der Waals surface area contributed by atoms with Crippen LogP contribution in [0.4, 0.5) is 0 Å². The number of nitrogens with zero attached hydrogens (tertiary/aromatic N) is 1. The summed E-state index contributed by atoms with van der Waals surface area (Å²) in [5.41, 5.74) is 1.24. The molecule has 0 unspecified atom stereocenters. The molecule has 0 saturated carbocycles. The number of halogens is 2. The summed E-state index contributed by atoms with van der Waals surface area (Å²) in [5.74, 6) is 0. The summed E-state index contributed by atoms with van der Waals surface area (Å²) in [5, 5.41) is 2.34. The number of pyridine rings is 1. The molecule has 2 rings (SSSR count). The van der Waals surface area contributed by atoms with Crippen LogP contribution in [-0.4, -0.2) is 4.98 Å². The lowest BCUT2D eigenvalue weighted by Crippen LogP contribution is -1.82. The van der Waals surface area contributed by atoms with Crippen molar-refractivity contribution in [3.05, 3.63) is 39.0 Å². The maximum atomic E-state index is 4.22. The minimum atomic E-state index is 0.898. The highest BCUT2D eigenvalue weighted by Crippen LogP contribution is 2.28. The second kappa shape index (κ2) is 3.39. The van der Waals surface area contributed by atoms with E-state index < -0.39 is 0 Å². The van der Waals surface area contributed by atoms with Crippen molar-refractivity contribution in [3.63, 3.8) is 0 Å². The lowest BCUT2D eigenvalue weighted by Gasteiger charge is -2.03. The Morgan fingerprint density at radius 1 is 1.15 bits per heavy atom. The van der Waals surface area contributed by atoms with E-state index in [4.69, 9.17) is 0 Å². The molecule has 0 atom stereocenters. The van der Waals surface area contributed by atoms with E-state index in [0.717, 1.165) is 14.5 Å². The number of rotatable bonds is 0. The van der Waals surface area contributed by atoms with E-state index in [9.17, 15) is 0 Å². The average molecular weight is 301 g/mol. The van der Waals surface area contributed by atoms with Crippen molar-refractivity contribution in [2.24, 2.45) is 0 Å². The van der Waals surface area contributed by atoms with Crippen LogP contribution in [0.15, 0.2) is 33.5 Å². The highest BCUT2D eigenvalue weighted by Gasteiger charge is 2.02. The molecule has 1 aromatic carbocycles. The molecule has 3 heteroatoms. The molecule has 2 aromatic rings. The van der Waals surface area contributed by atoms with Gasteiger partial charge in [0.05, 0.1) is 0 Å². The fourth-order valence-electron chi connectivity index (χ4n) is 1.29. The van der Waals surface area contributed by atoms with Crippen LogP contribution in [-0.2, 0) is 0 Å². The Labute approximate surface area is 93.4 Å². The van der Waals surface area contributed by atoms with E-state index in [1.165, 1.54) is 10.9 Å². The molecule has 0 spiro atoms. The van der Waals surface area contributed by atoms with Crippen LogP contribution in [0.2, 0.25) is 0 Å². The first-order chi connectivity index (χ1) is 6.18. The van der Waals surface area contributed by atoms with E-state index in [1.807, 2.05) is 6.20 Å². The summed E-state index contributed by atoms with van der Waals surface area (Å²) in [4.78, 5) is 4.22. The summed E-state index contributed by atoms with van der Waals surface area (Å²) in [6, 6.07) is 6.32. The zero-order valence-electron chi connectivity index (χ0n) is 7.01. The topological polar surface area (TPSA) is 12.9 Å². The minimum absolute atomic E-state index is 0.898. The van der Waals surface area contributed by atoms with Gasteiger partial charge in [-0.25, -0.2) is 4.98 Å². The number of fused-ring (bicyclic) bond motifs is 1. The van der Waals surface area contributed by atoms with Gasteiger partial charge in [0, 0.05) is 21.4 Å². The van der Waals surface area contributed by atoms with Gasteiger partial charge in [0.2, 0.25) is 0 Å². The van der Waals surface area contributed by atoms with Crippen molar-refractivity contribution in [3.8, 4) is 0 Å². The predicted molar refractivity (Wildman–Crippen MR) is 61.9 cm³/mol. The van der Waals surface area contributed by atoms with Gasteiger partial charge in [-0.3, -0.25) is 0 Å². The van der Waals surface area contributed by atoms with E-state index in [-0.39, 0.29) is 0 Å². The molecule has 0 radical (unpaired) electrons. The molecular formula is C10H7Br2N. The average Bonchev–Trinajstić information content (AvgIpc) is 2.12. The van der Waals surface area contributed by atoms with E-state index in [0.29, 0.717) is 0 Å². The van der Waals surface area contributed by atoms with Crippen LogP contribution in [0.5, 0.6) is 0 Å². The molecule has 66 valence electrons. The molecule has 1 nitrogen and oxygen atoms in total. The molecule has 0 saturated heterocycles. The van der Waals surface area contributed by atoms with Gasteiger partial charge in [-0.15, -0.1) is 0 Å². The number of hydrogen-bond donors (Lipinski definition) is 0. The number of aryl methyl sites for hydroxylation is 1. The lowest BCUT2D eigenvalue weighted by atomic mass is 10.1. The first kappa shape index (κ1) is 9.16. The van der Waals surface area contributed by atoms with Crippen molar-refractivity contribution in [1.82, 2.24) is 4.98 Å². The maximum Gasteiger partial charge on any atom is 0.113 e. The van der Waals surface area contributed by atoms with Gasteiger partial charge < -0.3 is 0 Å². The largest absolute Gasteiger partial charge is 0.248 e.